The van der Waals surface area contributed by atoms with E-state index in [0.717, 1.165) is 50.0 Å². The molecule has 5 rings (SSSR count). The number of aromatic amines is 1. The van der Waals surface area contributed by atoms with Crippen LogP contribution in [-0.2, 0) is 25.8 Å². The maximum absolute atomic E-state index is 12.2. The average molecular weight is 371 g/mol. The number of nitrogens with one attached hydrogen (secondary N) is 2. The van der Waals surface area contributed by atoms with E-state index in [1.807, 2.05) is 24.3 Å². The quantitative estimate of drug-likeness (QED) is 0.731. The lowest BCUT2D eigenvalue weighted by Crippen LogP contribution is -2.36. The molecule has 2 aliphatic rings. The van der Waals surface area contributed by atoms with E-state index in [1.54, 1.807) is 11.1 Å². The van der Waals surface area contributed by atoms with Gasteiger partial charge in [-0.05, 0) is 66.5 Å². The number of fused-ring (bicyclic) bond motifs is 4. The Bertz CT molecular complexity index is 1110. The van der Waals surface area contributed by atoms with Gasteiger partial charge in [-0.3, -0.25) is 4.79 Å². The van der Waals surface area contributed by atoms with Crippen molar-refractivity contribution in [1.82, 2.24) is 15.3 Å². The fraction of sp³-hybridized carbons (Fsp3) is 0.333. The van der Waals surface area contributed by atoms with E-state index in [1.165, 1.54) is 17.5 Å². The normalized spacial score (nSPS) is 18.1. The minimum atomic E-state index is -0.0370. The van der Waals surface area contributed by atoms with Crippen LogP contribution in [0.4, 0.5) is 0 Å². The molecule has 1 aromatic heterocycles. The molecule has 1 aliphatic carbocycles. The Kier molecular flexibility index (Phi) is 4.57. The molecule has 2 aromatic carbocycles. The fourth-order valence-corrected chi connectivity index (χ4v) is 4.62. The summed E-state index contributed by atoms with van der Waals surface area (Å²) in [5, 5.41) is 4.36. The highest BCUT2D eigenvalue weighted by Crippen LogP contribution is 2.29. The van der Waals surface area contributed by atoms with Crippen LogP contribution in [0.3, 0.4) is 0 Å². The van der Waals surface area contributed by atoms with Gasteiger partial charge in [-0.25, -0.2) is 4.98 Å². The largest absolute Gasteiger partial charge is 0.310 e. The van der Waals surface area contributed by atoms with Gasteiger partial charge in [0.25, 0.3) is 5.56 Å². The number of aryl methyl sites for hydroxylation is 1. The number of aromatic nitrogens is 2. The van der Waals surface area contributed by atoms with Gasteiger partial charge >= 0.3 is 0 Å². The third-order valence-electron chi connectivity index (χ3n) is 6.08. The number of para-hydroxylation sites is 1. The second-order valence-corrected chi connectivity index (χ2v) is 7.92. The summed E-state index contributed by atoms with van der Waals surface area (Å²) >= 11 is 0. The Balaban J connectivity index is 1.26. The van der Waals surface area contributed by atoms with E-state index in [2.05, 4.69) is 39.6 Å². The minimum Gasteiger partial charge on any atom is -0.310 e. The summed E-state index contributed by atoms with van der Waals surface area (Å²) in [6, 6.07) is 12.6. The first-order chi connectivity index (χ1) is 13.8. The van der Waals surface area contributed by atoms with Crippen molar-refractivity contribution in [3.05, 3.63) is 80.9 Å². The molecule has 0 saturated heterocycles. The SMILES string of the molecule is O=c1[nH]c(CCCC2Cc3c(ccc4c3CCC=C4)CN2)nc2ccccc12. The van der Waals surface area contributed by atoms with Crippen molar-refractivity contribution in [1.29, 1.82) is 0 Å². The molecule has 1 aliphatic heterocycles. The number of H-pyrrole nitrogens is 1. The highest BCUT2D eigenvalue weighted by molar-refractivity contribution is 5.77. The zero-order valence-corrected chi connectivity index (χ0v) is 16.0. The number of benzene rings is 2. The lowest BCUT2D eigenvalue weighted by molar-refractivity contribution is 0.437. The van der Waals surface area contributed by atoms with E-state index in [9.17, 15) is 4.79 Å². The summed E-state index contributed by atoms with van der Waals surface area (Å²) < 4.78 is 0. The van der Waals surface area contributed by atoms with E-state index >= 15 is 0 Å². The van der Waals surface area contributed by atoms with Gasteiger partial charge in [-0.2, -0.15) is 0 Å². The standard InChI is InChI=1S/C24H25N3O/c28-24-20-9-3-4-10-22(20)26-23(27-24)11-5-7-18-14-21-17(15-25-18)13-12-16-6-1-2-8-19(16)21/h1,3-4,6,9-10,12-13,18,25H,2,5,7-8,11,14-15H2,(H,26,27,28). The topological polar surface area (TPSA) is 57.8 Å². The predicted molar refractivity (Wildman–Crippen MR) is 113 cm³/mol. The van der Waals surface area contributed by atoms with Crippen LogP contribution in [0.15, 0.2) is 47.3 Å². The van der Waals surface area contributed by atoms with E-state index in [4.69, 9.17) is 0 Å². The molecule has 0 amide bonds. The van der Waals surface area contributed by atoms with Crippen molar-refractivity contribution >= 4 is 17.0 Å². The van der Waals surface area contributed by atoms with Crippen LogP contribution in [0.1, 0.15) is 47.3 Å². The van der Waals surface area contributed by atoms with Crippen LogP contribution in [0.2, 0.25) is 0 Å². The van der Waals surface area contributed by atoms with Crippen molar-refractivity contribution in [3.8, 4) is 0 Å². The lowest BCUT2D eigenvalue weighted by Gasteiger charge is -2.29. The van der Waals surface area contributed by atoms with Gasteiger partial charge in [-0.1, -0.05) is 36.4 Å². The van der Waals surface area contributed by atoms with Gasteiger partial charge in [-0.15, -0.1) is 0 Å². The monoisotopic (exact) mass is 371 g/mol. The molecule has 0 spiro atoms. The summed E-state index contributed by atoms with van der Waals surface area (Å²) in [5.74, 6) is 0.794. The van der Waals surface area contributed by atoms with Crippen molar-refractivity contribution < 1.29 is 0 Å². The predicted octanol–water partition coefficient (Wildman–Crippen LogP) is 3.92. The van der Waals surface area contributed by atoms with E-state index in [-0.39, 0.29) is 5.56 Å². The van der Waals surface area contributed by atoms with Gasteiger partial charge in [0, 0.05) is 19.0 Å². The second kappa shape index (κ2) is 7.36. The van der Waals surface area contributed by atoms with Crippen LogP contribution in [0.5, 0.6) is 0 Å². The maximum Gasteiger partial charge on any atom is 0.258 e. The first kappa shape index (κ1) is 17.4. The van der Waals surface area contributed by atoms with E-state index in [0.29, 0.717) is 11.4 Å². The molecule has 142 valence electrons. The molecular formula is C24H25N3O. The number of rotatable bonds is 4. The summed E-state index contributed by atoms with van der Waals surface area (Å²) in [6.07, 6.45) is 10.9. The van der Waals surface area contributed by atoms with Crippen LogP contribution >= 0.6 is 0 Å². The summed E-state index contributed by atoms with van der Waals surface area (Å²) in [4.78, 5) is 19.8. The molecule has 2 N–H and O–H groups in total. The lowest BCUT2D eigenvalue weighted by atomic mass is 9.84. The number of nitrogens with zero attached hydrogens (tertiary/aromatic N) is 1. The molecule has 0 saturated carbocycles. The fourth-order valence-electron chi connectivity index (χ4n) is 4.62. The summed E-state index contributed by atoms with van der Waals surface area (Å²) in [6.45, 7) is 0.960. The van der Waals surface area contributed by atoms with Gasteiger partial charge in [0.1, 0.15) is 5.82 Å². The summed E-state index contributed by atoms with van der Waals surface area (Å²) in [7, 11) is 0. The minimum absolute atomic E-state index is 0.0370. The molecule has 2 heterocycles. The molecule has 3 aromatic rings. The molecule has 4 heteroatoms. The smallest absolute Gasteiger partial charge is 0.258 e. The second-order valence-electron chi connectivity index (χ2n) is 7.92. The third kappa shape index (κ3) is 3.29. The van der Waals surface area contributed by atoms with Gasteiger partial charge in [0.2, 0.25) is 0 Å². The van der Waals surface area contributed by atoms with Crippen LogP contribution in [0.25, 0.3) is 17.0 Å². The summed E-state index contributed by atoms with van der Waals surface area (Å²) in [5.41, 5.74) is 6.75. The Labute approximate surface area is 164 Å². The van der Waals surface area contributed by atoms with Crippen LogP contribution in [-0.4, -0.2) is 16.0 Å². The Morgan fingerprint density at radius 2 is 2.04 bits per heavy atom. The number of allylic oxidation sites excluding steroid dienone is 1. The van der Waals surface area contributed by atoms with Crippen molar-refractivity contribution in [2.24, 2.45) is 0 Å². The molecular weight excluding hydrogens is 346 g/mol. The van der Waals surface area contributed by atoms with Crippen LogP contribution < -0.4 is 10.9 Å². The molecule has 1 unspecified atom stereocenters. The highest BCUT2D eigenvalue weighted by Gasteiger charge is 2.22. The highest BCUT2D eigenvalue weighted by atomic mass is 16.1. The zero-order valence-electron chi connectivity index (χ0n) is 16.0. The number of hydrogen-bond acceptors (Lipinski definition) is 3. The molecule has 0 radical (unpaired) electrons. The van der Waals surface area contributed by atoms with Crippen molar-refractivity contribution in [2.75, 3.05) is 0 Å². The Morgan fingerprint density at radius 3 is 3.00 bits per heavy atom. The van der Waals surface area contributed by atoms with Crippen molar-refractivity contribution in [2.45, 2.75) is 51.1 Å². The average Bonchev–Trinajstić information content (AvgIpc) is 2.74. The molecule has 4 nitrogen and oxygen atoms in total. The van der Waals surface area contributed by atoms with Gasteiger partial charge < -0.3 is 10.3 Å². The molecule has 0 fully saturated rings. The first-order valence-corrected chi connectivity index (χ1v) is 10.3. The van der Waals surface area contributed by atoms with Crippen molar-refractivity contribution in [3.63, 3.8) is 0 Å². The Morgan fingerprint density at radius 1 is 1.11 bits per heavy atom. The third-order valence-corrected chi connectivity index (χ3v) is 6.08. The van der Waals surface area contributed by atoms with Gasteiger partial charge in [0.05, 0.1) is 10.9 Å². The Hall–Kier alpha value is -2.72. The van der Waals surface area contributed by atoms with Crippen LogP contribution in [0, 0.1) is 0 Å². The molecule has 28 heavy (non-hydrogen) atoms. The maximum atomic E-state index is 12.2. The van der Waals surface area contributed by atoms with Gasteiger partial charge in [0.15, 0.2) is 0 Å². The number of hydrogen-bond donors (Lipinski definition) is 2. The first-order valence-electron chi connectivity index (χ1n) is 10.3. The molecule has 1 atom stereocenters. The molecule has 0 bridgehead atoms. The zero-order chi connectivity index (χ0) is 18.9. The van der Waals surface area contributed by atoms with E-state index < -0.39 is 0 Å².